The van der Waals surface area contributed by atoms with E-state index in [1.165, 1.54) is 5.75 Å². The van der Waals surface area contributed by atoms with Crippen LogP contribution in [-0.4, -0.2) is 10.4 Å². The van der Waals surface area contributed by atoms with Gasteiger partial charge in [0, 0.05) is 5.75 Å². The van der Waals surface area contributed by atoms with Crippen LogP contribution < -0.4 is 14.0 Å². The van der Waals surface area contributed by atoms with Crippen LogP contribution in [-0.2, 0) is 0 Å². The van der Waals surface area contributed by atoms with Crippen molar-refractivity contribution in [1.82, 2.24) is 0 Å². The normalized spacial score (nSPS) is 16.4. The van der Waals surface area contributed by atoms with Gasteiger partial charge in [-0.05, 0) is 5.41 Å². The van der Waals surface area contributed by atoms with E-state index in [0.29, 0.717) is 0 Å². The second kappa shape index (κ2) is 5.25. The largest absolute Gasteiger partial charge is 0.183 e. The van der Waals surface area contributed by atoms with Gasteiger partial charge in [0.25, 0.3) is 0 Å². The molecule has 0 saturated heterocycles. The molecule has 0 amide bonds. The average molecular weight is 205 g/mol. The van der Waals surface area contributed by atoms with Gasteiger partial charge in [-0.1, -0.05) is 27.7 Å². The molecule has 1 heterocycles. The van der Waals surface area contributed by atoms with Crippen LogP contribution in [0.3, 0.4) is 0 Å². The van der Waals surface area contributed by atoms with Gasteiger partial charge in [0.05, 0.1) is 14.9 Å². The Morgan fingerprint density at radius 3 is 2.00 bits per heavy atom. The molecule has 0 bridgehead atoms. The van der Waals surface area contributed by atoms with Crippen LogP contribution in [0, 0.1) is 10.2 Å². The standard InChI is InChI=1S/C3H4S2.ClHO4/c1-2-4-5-3-1;2-1(3,4)5/h1-2H,3H2;(H,2,3,4,5). The van der Waals surface area contributed by atoms with Gasteiger partial charge < -0.3 is 0 Å². The van der Waals surface area contributed by atoms with Gasteiger partial charge in [0.15, 0.2) is 0 Å². The Morgan fingerprint density at radius 1 is 1.40 bits per heavy atom. The van der Waals surface area contributed by atoms with Crippen molar-refractivity contribution in [3.05, 3.63) is 11.5 Å². The average Bonchev–Trinajstić information content (AvgIpc) is 2.07. The SMILES string of the molecule is C1=CSSC1.[O-][Cl+3]([O-])([O-])O. The summed E-state index contributed by atoms with van der Waals surface area (Å²) in [5.74, 6) is 1.20. The molecule has 0 saturated carbocycles. The molecule has 0 fully saturated rings. The molecule has 1 N–H and O–H groups in total. The second-order valence-corrected chi connectivity index (χ2v) is 4.26. The van der Waals surface area contributed by atoms with Crippen LogP contribution in [0.1, 0.15) is 0 Å². The first-order valence-electron chi connectivity index (χ1n) is 2.06. The number of halogens is 1. The van der Waals surface area contributed by atoms with E-state index >= 15 is 0 Å². The molecule has 0 radical (unpaired) electrons. The predicted octanol–water partition coefficient (Wildman–Crippen LogP) is -2.23. The minimum atomic E-state index is -4.69. The highest BCUT2D eigenvalue weighted by atomic mass is 35.7. The molecule has 0 aromatic heterocycles. The lowest BCUT2D eigenvalue weighted by atomic mass is 10.8. The first kappa shape index (κ1) is 10.6. The molecule has 10 heavy (non-hydrogen) atoms. The molecule has 0 aliphatic carbocycles. The Hall–Kier alpha value is 0.570. The monoisotopic (exact) mass is 204 g/mol. The lowest BCUT2D eigenvalue weighted by Gasteiger charge is -2.03. The Balaban J connectivity index is 0.000000162. The van der Waals surface area contributed by atoms with Crippen LogP contribution >= 0.6 is 21.6 Å². The van der Waals surface area contributed by atoms with Gasteiger partial charge in [-0.3, -0.25) is 0 Å². The van der Waals surface area contributed by atoms with Crippen molar-refractivity contribution in [3.8, 4) is 0 Å². The molecule has 0 unspecified atom stereocenters. The van der Waals surface area contributed by atoms with Crippen LogP contribution in [0.4, 0.5) is 0 Å². The highest BCUT2D eigenvalue weighted by molar-refractivity contribution is 8.78. The Labute approximate surface area is 68.1 Å². The first-order chi connectivity index (χ1) is 4.50. The highest BCUT2D eigenvalue weighted by Crippen LogP contribution is 2.27. The topological polar surface area (TPSA) is 89.4 Å². The number of rotatable bonds is 0. The maximum atomic E-state index is 8.60. The summed E-state index contributed by atoms with van der Waals surface area (Å²) in [6.07, 6.45) is 2.16. The van der Waals surface area contributed by atoms with E-state index in [1.54, 1.807) is 0 Å². The van der Waals surface area contributed by atoms with Crippen molar-refractivity contribution in [2.24, 2.45) is 0 Å². The van der Waals surface area contributed by atoms with Gasteiger partial charge in [-0.15, -0.1) is 0 Å². The third-order valence-corrected chi connectivity index (χ3v) is 2.30. The Morgan fingerprint density at radius 2 is 1.90 bits per heavy atom. The van der Waals surface area contributed by atoms with Crippen molar-refractivity contribution in [2.75, 3.05) is 5.75 Å². The predicted molar refractivity (Wildman–Crippen MR) is 31.4 cm³/mol. The van der Waals surface area contributed by atoms with Gasteiger partial charge in [0.2, 0.25) is 0 Å². The smallest absolute Gasteiger partial charge is 0.0777 e. The molecule has 1 rings (SSSR count). The maximum Gasteiger partial charge on any atom is 0.0777 e. The van der Waals surface area contributed by atoms with E-state index < -0.39 is 10.2 Å². The van der Waals surface area contributed by atoms with Gasteiger partial charge >= 0.3 is 0 Å². The second-order valence-electron chi connectivity index (χ2n) is 1.15. The lowest BCUT2D eigenvalue weighted by Crippen LogP contribution is -2.58. The summed E-state index contributed by atoms with van der Waals surface area (Å²) in [6, 6.07) is 0. The molecule has 0 aromatic rings. The molecule has 60 valence electrons. The van der Waals surface area contributed by atoms with Crippen molar-refractivity contribution in [1.29, 1.82) is 0 Å². The Kier molecular flexibility index (Phi) is 5.55. The molecule has 1 aliphatic rings. The van der Waals surface area contributed by atoms with Crippen LogP contribution in [0.15, 0.2) is 11.5 Å². The fourth-order valence-corrected chi connectivity index (χ4v) is 1.77. The van der Waals surface area contributed by atoms with E-state index in [4.69, 9.17) is 18.6 Å². The quantitative estimate of drug-likeness (QED) is 0.450. The third-order valence-electron chi connectivity index (χ3n) is 0.384. The van der Waals surface area contributed by atoms with E-state index in [2.05, 4.69) is 11.5 Å². The van der Waals surface area contributed by atoms with Crippen molar-refractivity contribution in [3.63, 3.8) is 0 Å². The minimum Gasteiger partial charge on any atom is -0.183 e. The van der Waals surface area contributed by atoms with Crippen molar-refractivity contribution in [2.45, 2.75) is 0 Å². The summed E-state index contributed by atoms with van der Waals surface area (Å²) in [4.78, 5) is 0. The molecule has 0 atom stereocenters. The highest BCUT2D eigenvalue weighted by Gasteiger charge is 1.98. The molecule has 0 spiro atoms. The summed E-state index contributed by atoms with van der Waals surface area (Å²) < 4.78 is 32.7. The van der Waals surface area contributed by atoms with E-state index in [0.717, 1.165) is 0 Å². The molecule has 7 heteroatoms. The summed E-state index contributed by atoms with van der Waals surface area (Å²) in [5.41, 5.74) is 0. The zero-order valence-corrected chi connectivity index (χ0v) is 7.12. The molecule has 0 aromatic carbocycles. The fourth-order valence-electron chi connectivity index (χ4n) is 0.196. The maximum absolute atomic E-state index is 8.60. The van der Waals surface area contributed by atoms with Crippen LogP contribution in [0.5, 0.6) is 0 Å². The molecular formula is C3H5ClO4S2. The van der Waals surface area contributed by atoms with E-state index in [1.807, 2.05) is 21.6 Å². The summed E-state index contributed by atoms with van der Waals surface area (Å²) in [5, 5.41) is 2.12. The van der Waals surface area contributed by atoms with E-state index in [9.17, 15) is 0 Å². The number of hydrogen-bond acceptors (Lipinski definition) is 6. The van der Waals surface area contributed by atoms with Crippen LogP contribution in [0.2, 0.25) is 0 Å². The van der Waals surface area contributed by atoms with Crippen molar-refractivity contribution >= 4 is 21.6 Å². The first-order valence-corrected chi connectivity index (χ1v) is 5.71. The zero-order chi connectivity index (χ0) is 8.04. The van der Waals surface area contributed by atoms with Crippen LogP contribution in [0.25, 0.3) is 0 Å². The Bertz CT molecular complexity index is 99.6. The zero-order valence-electron chi connectivity index (χ0n) is 4.73. The lowest BCUT2D eigenvalue weighted by molar-refractivity contribution is -1.92. The van der Waals surface area contributed by atoms with Gasteiger partial charge in [-0.25, -0.2) is 0 Å². The molecule has 1 aliphatic heterocycles. The fraction of sp³-hybridized carbons (Fsp3) is 0.333. The van der Waals surface area contributed by atoms with E-state index in [-0.39, 0.29) is 0 Å². The van der Waals surface area contributed by atoms with Gasteiger partial charge in [-0.2, -0.15) is 14.0 Å². The molecule has 4 nitrogen and oxygen atoms in total. The van der Waals surface area contributed by atoms with Gasteiger partial charge in [0.1, 0.15) is 0 Å². The van der Waals surface area contributed by atoms with Crippen molar-refractivity contribution < 1.29 is 28.9 Å². The molecular weight excluding hydrogens is 200 g/mol. The number of hydrogen-bond donors (Lipinski definition) is 1. The summed E-state index contributed by atoms with van der Waals surface area (Å²) in [6.45, 7) is 0. The third kappa shape index (κ3) is 15.8. The summed E-state index contributed by atoms with van der Waals surface area (Å²) >= 11 is 0. The minimum absolute atomic E-state index is 1.20. The summed E-state index contributed by atoms with van der Waals surface area (Å²) in [7, 11) is -1.00.